The summed E-state index contributed by atoms with van der Waals surface area (Å²) in [5.74, 6) is 0.255. The maximum Gasteiger partial charge on any atom is 0.341 e. The first kappa shape index (κ1) is 12.4. The standard InChI is InChI=1S/C11H17N3O2/c1-14(8-4-6-12)10-9(11(15)16-2)5-3-7-13-10/h3,5,7H,4,6,8,12H2,1-2H3. The zero-order chi connectivity index (χ0) is 12.0. The largest absolute Gasteiger partial charge is 0.465 e. The van der Waals surface area contributed by atoms with E-state index in [1.54, 1.807) is 18.3 Å². The second-order valence-electron chi connectivity index (χ2n) is 3.43. The van der Waals surface area contributed by atoms with E-state index in [4.69, 9.17) is 10.5 Å². The van der Waals surface area contributed by atoms with E-state index in [2.05, 4.69) is 4.98 Å². The maximum atomic E-state index is 11.5. The summed E-state index contributed by atoms with van der Waals surface area (Å²) in [6, 6.07) is 3.42. The van der Waals surface area contributed by atoms with Crippen LogP contribution in [0.4, 0.5) is 5.82 Å². The number of ether oxygens (including phenoxy) is 1. The summed E-state index contributed by atoms with van der Waals surface area (Å²) in [5, 5.41) is 0. The second-order valence-corrected chi connectivity index (χ2v) is 3.43. The molecule has 0 amide bonds. The highest BCUT2D eigenvalue weighted by molar-refractivity contribution is 5.94. The number of methoxy groups -OCH3 is 1. The fourth-order valence-corrected chi connectivity index (χ4v) is 1.40. The summed E-state index contributed by atoms with van der Waals surface area (Å²) in [6.45, 7) is 1.38. The van der Waals surface area contributed by atoms with Gasteiger partial charge < -0.3 is 15.4 Å². The quantitative estimate of drug-likeness (QED) is 0.742. The normalized spacial score (nSPS) is 9.94. The zero-order valence-corrected chi connectivity index (χ0v) is 9.64. The number of hydrogen-bond acceptors (Lipinski definition) is 5. The molecule has 1 heterocycles. The third-order valence-electron chi connectivity index (χ3n) is 2.25. The van der Waals surface area contributed by atoms with Gasteiger partial charge in [0, 0.05) is 19.8 Å². The predicted molar refractivity (Wildman–Crippen MR) is 62.5 cm³/mol. The first-order valence-electron chi connectivity index (χ1n) is 5.15. The molecule has 0 atom stereocenters. The summed E-state index contributed by atoms with van der Waals surface area (Å²) in [5.41, 5.74) is 5.92. The molecule has 5 nitrogen and oxygen atoms in total. The van der Waals surface area contributed by atoms with Gasteiger partial charge in [0.2, 0.25) is 0 Å². The van der Waals surface area contributed by atoms with Crippen molar-refractivity contribution in [1.82, 2.24) is 4.98 Å². The second kappa shape index (κ2) is 6.07. The Kier molecular flexibility index (Phi) is 4.72. The highest BCUT2D eigenvalue weighted by Crippen LogP contribution is 2.16. The van der Waals surface area contributed by atoms with Crippen molar-refractivity contribution < 1.29 is 9.53 Å². The van der Waals surface area contributed by atoms with Crippen LogP contribution in [0, 0.1) is 0 Å². The fraction of sp³-hybridized carbons (Fsp3) is 0.455. The lowest BCUT2D eigenvalue weighted by atomic mass is 10.2. The molecule has 1 aromatic rings. The van der Waals surface area contributed by atoms with Gasteiger partial charge in [-0.05, 0) is 25.1 Å². The molecule has 0 radical (unpaired) electrons. The van der Waals surface area contributed by atoms with Gasteiger partial charge in [-0.1, -0.05) is 0 Å². The van der Waals surface area contributed by atoms with Gasteiger partial charge in [-0.15, -0.1) is 0 Å². The van der Waals surface area contributed by atoms with Crippen LogP contribution in [0.15, 0.2) is 18.3 Å². The first-order chi connectivity index (χ1) is 7.70. The number of aromatic nitrogens is 1. The number of esters is 1. The lowest BCUT2D eigenvalue weighted by Gasteiger charge is -2.19. The van der Waals surface area contributed by atoms with Gasteiger partial charge in [0.25, 0.3) is 0 Å². The zero-order valence-electron chi connectivity index (χ0n) is 9.64. The molecule has 5 heteroatoms. The number of nitrogens with two attached hydrogens (primary N) is 1. The summed E-state index contributed by atoms with van der Waals surface area (Å²) in [7, 11) is 3.24. The Balaban J connectivity index is 2.89. The molecule has 0 aliphatic heterocycles. The molecule has 0 aromatic carbocycles. The number of nitrogens with zero attached hydrogens (tertiary/aromatic N) is 2. The van der Waals surface area contributed by atoms with Crippen molar-refractivity contribution in [3.05, 3.63) is 23.9 Å². The smallest absolute Gasteiger partial charge is 0.341 e. The summed E-state index contributed by atoms with van der Waals surface area (Å²) >= 11 is 0. The third-order valence-corrected chi connectivity index (χ3v) is 2.25. The number of rotatable bonds is 5. The summed E-state index contributed by atoms with van der Waals surface area (Å²) in [6.07, 6.45) is 2.51. The Morgan fingerprint density at radius 2 is 2.38 bits per heavy atom. The van der Waals surface area contributed by atoms with Crippen molar-refractivity contribution in [2.75, 3.05) is 32.1 Å². The molecular weight excluding hydrogens is 206 g/mol. The van der Waals surface area contributed by atoms with Crippen molar-refractivity contribution in [3.8, 4) is 0 Å². The fourth-order valence-electron chi connectivity index (χ4n) is 1.40. The van der Waals surface area contributed by atoms with Crippen molar-refractivity contribution >= 4 is 11.8 Å². The van der Waals surface area contributed by atoms with Crippen LogP contribution in [0.5, 0.6) is 0 Å². The van der Waals surface area contributed by atoms with Gasteiger partial charge >= 0.3 is 5.97 Å². The van der Waals surface area contributed by atoms with Crippen LogP contribution in [0.25, 0.3) is 0 Å². The first-order valence-corrected chi connectivity index (χ1v) is 5.15. The number of carbonyl (C=O) groups is 1. The average molecular weight is 223 g/mol. The Morgan fingerprint density at radius 3 is 3.00 bits per heavy atom. The molecule has 0 aliphatic carbocycles. The third kappa shape index (κ3) is 2.93. The summed E-state index contributed by atoms with van der Waals surface area (Å²) in [4.78, 5) is 17.6. The molecule has 0 saturated carbocycles. The van der Waals surface area contributed by atoms with Gasteiger partial charge in [0.1, 0.15) is 11.4 Å². The predicted octanol–water partition coefficient (Wildman–Crippen LogP) is 0.653. The van der Waals surface area contributed by atoms with Crippen LogP contribution in [-0.4, -0.2) is 38.2 Å². The lowest BCUT2D eigenvalue weighted by Crippen LogP contribution is -2.24. The van der Waals surface area contributed by atoms with Gasteiger partial charge in [-0.25, -0.2) is 9.78 Å². The molecule has 0 fully saturated rings. The van der Waals surface area contributed by atoms with Gasteiger partial charge in [-0.2, -0.15) is 0 Å². The lowest BCUT2D eigenvalue weighted by molar-refractivity contribution is 0.0601. The Labute approximate surface area is 95.2 Å². The van der Waals surface area contributed by atoms with E-state index in [1.807, 2.05) is 11.9 Å². The van der Waals surface area contributed by atoms with E-state index in [0.29, 0.717) is 17.9 Å². The molecule has 1 rings (SSSR count). The van der Waals surface area contributed by atoms with E-state index < -0.39 is 0 Å². The van der Waals surface area contributed by atoms with Gasteiger partial charge in [-0.3, -0.25) is 0 Å². The molecule has 16 heavy (non-hydrogen) atoms. The van der Waals surface area contributed by atoms with Crippen molar-refractivity contribution in [2.24, 2.45) is 5.73 Å². The number of carbonyl (C=O) groups excluding carboxylic acids is 1. The number of hydrogen-bond donors (Lipinski definition) is 1. The van der Waals surface area contributed by atoms with Crippen LogP contribution in [-0.2, 0) is 4.74 Å². The van der Waals surface area contributed by atoms with Crippen LogP contribution in [0.2, 0.25) is 0 Å². The Morgan fingerprint density at radius 1 is 1.62 bits per heavy atom. The SMILES string of the molecule is COC(=O)c1cccnc1N(C)CCCN. The maximum absolute atomic E-state index is 11.5. The van der Waals surface area contributed by atoms with Gasteiger partial charge in [0.05, 0.1) is 7.11 Å². The Bertz CT molecular complexity index is 355. The number of anilines is 1. The minimum atomic E-state index is -0.373. The highest BCUT2D eigenvalue weighted by Gasteiger charge is 2.15. The van der Waals surface area contributed by atoms with Crippen LogP contribution >= 0.6 is 0 Å². The monoisotopic (exact) mass is 223 g/mol. The van der Waals surface area contributed by atoms with Crippen molar-refractivity contribution in [2.45, 2.75) is 6.42 Å². The molecule has 0 aliphatic rings. The van der Waals surface area contributed by atoms with Crippen LogP contribution in [0.1, 0.15) is 16.8 Å². The topological polar surface area (TPSA) is 68.5 Å². The van der Waals surface area contributed by atoms with E-state index in [9.17, 15) is 4.79 Å². The van der Waals surface area contributed by atoms with Crippen molar-refractivity contribution in [3.63, 3.8) is 0 Å². The average Bonchev–Trinajstić information content (AvgIpc) is 2.35. The Hall–Kier alpha value is -1.62. The molecule has 0 bridgehead atoms. The van der Waals surface area contributed by atoms with E-state index in [1.165, 1.54) is 7.11 Å². The van der Waals surface area contributed by atoms with Gasteiger partial charge in [0.15, 0.2) is 0 Å². The summed E-state index contributed by atoms with van der Waals surface area (Å²) < 4.78 is 4.70. The molecule has 88 valence electrons. The molecule has 2 N–H and O–H groups in total. The van der Waals surface area contributed by atoms with Crippen molar-refractivity contribution in [1.29, 1.82) is 0 Å². The van der Waals surface area contributed by atoms with E-state index in [0.717, 1.165) is 13.0 Å². The molecular formula is C11H17N3O2. The van der Waals surface area contributed by atoms with E-state index >= 15 is 0 Å². The number of pyridine rings is 1. The molecule has 0 spiro atoms. The molecule has 0 saturated heterocycles. The molecule has 1 aromatic heterocycles. The van der Waals surface area contributed by atoms with Crippen LogP contribution in [0.3, 0.4) is 0 Å². The molecule has 0 unspecified atom stereocenters. The highest BCUT2D eigenvalue weighted by atomic mass is 16.5. The van der Waals surface area contributed by atoms with Crippen LogP contribution < -0.4 is 10.6 Å². The minimum absolute atomic E-state index is 0.373. The minimum Gasteiger partial charge on any atom is -0.465 e. The van der Waals surface area contributed by atoms with E-state index in [-0.39, 0.29) is 5.97 Å².